The number of thioether (sulfide) groups is 1. The molecule has 0 aliphatic carbocycles. The lowest BCUT2D eigenvalue weighted by Crippen LogP contribution is -2.14. The first-order valence-electron chi connectivity index (χ1n) is 6.05. The highest BCUT2D eigenvalue weighted by molar-refractivity contribution is 9.10. The molecule has 1 nitrogen and oxygen atoms in total. The van der Waals surface area contributed by atoms with Gasteiger partial charge in [-0.1, -0.05) is 28.1 Å². The Balaban J connectivity index is 1.90. The summed E-state index contributed by atoms with van der Waals surface area (Å²) < 4.78 is 27.2. The minimum absolute atomic E-state index is 0.174. The zero-order chi connectivity index (χ0) is 14.5. The van der Waals surface area contributed by atoms with E-state index in [1.165, 1.54) is 23.9 Å². The van der Waals surface area contributed by atoms with Crippen molar-refractivity contribution in [3.05, 3.63) is 64.1 Å². The van der Waals surface area contributed by atoms with Gasteiger partial charge in [0, 0.05) is 27.6 Å². The van der Waals surface area contributed by atoms with E-state index in [4.69, 9.17) is 0 Å². The van der Waals surface area contributed by atoms with Gasteiger partial charge in [-0.05, 0) is 29.8 Å². The number of benzene rings is 2. The summed E-state index contributed by atoms with van der Waals surface area (Å²) in [5.41, 5.74) is 0.328. The van der Waals surface area contributed by atoms with Crippen molar-refractivity contribution in [2.75, 3.05) is 5.75 Å². The number of rotatable bonds is 5. The number of aliphatic hydroxyl groups excluding tert-OH is 1. The quantitative estimate of drug-likeness (QED) is 0.798. The molecule has 0 saturated carbocycles. The molecular formula is C15H13BrF2OS. The maximum Gasteiger partial charge on any atom is 0.129 e. The van der Waals surface area contributed by atoms with E-state index >= 15 is 0 Å². The molecule has 0 aliphatic rings. The van der Waals surface area contributed by atoms with Crippen LogP contribution in [0.5, 0.6) is 0 Å². The Bertz CT molecular complexity index is 592. The molecule has 0 saturated heterocycles. The molecular weight excluding hydrogens is 346 g/mol. The first-order chi connectivity index (χ1) is 9.54. The van der Waals surface area contributed by atoms with Gasteiger partial charge in [-0.3, -0.25) is 0 Å². The second kappa shape index (κ2) is 7.20. The van der Waals surface area contributed by atoms with Gasteiger partial charge in [0.05, 0.1) is 6.10 Å². The maximum atomic E-state index is 13.5. The average Bonchev–Trinajstić information content (AvgIpc) is 2.40. The summed E-state index contributed by atoms with van der Waals surface area (Å²) >= 11 is 4.87. The van der Waals surface area contributed by atoms with Gasteiger partial charge < -0.3 is 5.11 Å². The van der Waals surface area contributed by atoms with E-state index in [0.29, 0.717) is 11.3 Å². The molecule has 0 amide bonds. The van der Waals surface area contributed by atoms with Gasteiger partial charge in [-0.25, -0.2) is 8.78 Å². The minimum atomic E-state index is -0.682. The van der Waals surface area contributed by atoms with Gasteiger partial charge >= 0.3 is 0 Å². The molecule has 0 bridgehead atoms. The van der Waals surface area contributed by atoms with Crippen LogP contribution in [-0.4, -0.2) is 17.0 Å². The predicted molar refractivity (Wildman–Crippen MR) is 80.9 cm³/mol. The van der Waals surface area contributed by atoms with Crippen molar-refractivity contribution < 1.29 is 13.9 Å². The van der Waals surface area contributed by atoms with Crippen molar-refractivity contribution in [3.63, 3.8) is 0 Å². The van der Waals surface area contributed by atoms with E-state index < -0.39 is 17.7 Å². The number of halogens is 3. The van der Waals surface area contributed by atoms with Crippen LogP contribution in [0.2, 0.25) is 0 Å². The van der Waals surface area contributed by atoms with Gasteiger partial charge in [-0.15, -0.1) is 11.8 Å². The highest BCUT2D eigenvalue weighted by atomic mass is 79.9. The molecule has 0 aliphatic heterocycles. The van der Waals surface area contributed by atoms with Crippen molar-refractivity contribution in [2.24, 2.45) is 0 Å². The van der Waals surface area contributed by atoms with Gasteiger partial charge in [0.15, 0.2) is 0 Å². The maximum absolute atomic E-state index is 13.5. The van der Waals surface area contributed by atoms with Crippen molar-refractivity contribution in [2.45, 2.75) is 17.4 Å². The normalized spacial score (nSPS) is 12.4. The lowest BCUT2D eigenvalue weighted by atomic mass is 10.1. The van der Waals surface area contributed by atoms with Crippen molar-refractivity contribution >= 4 is 27.7 Å². The van der Waals surface area contributed by atoms with Crippen LogP contribution in [0.15, 0.2) is 51.8 Å². The molecule has 0 spiro atoms. The summed E-state index contributed by atoms with van der Waals surface area (Å²) in [5.74, 6) is -0.770. The van der Waals surface area contributed by atoms with Crippen LogP contribution in [0.3, 0.4) is 0 Å². The highest BCUT2D eigenvalue weighted by Gasteiger charge is 2.11. The Hall–Kier alpha value is -0.910. The Morgan fingerprint density at radius 1 is 1.15 bits per heavy atom. The molecule has 2 aromatic rings. The van der Waals surface area contributed by atoms with E-state index in [1.807, 2.05) is 24.3 Å². The van der Waals surface area contributed by atoms with Crippen molar-refractivity contribution in [1.29, 1.82) is 0 Å². The summed E-state index contributed by atoms with van der Waals surface area (Å²) in [6.07, 6.45) is -0.508. The zero-order valence-electron chi connectivity index (χ0n) is 10.5. The fourth-order valence-electron chi connectivity index (χ4n) is 1.75. The zero-order valence-corrected chi connectivity index (χ0v) is 12.9. The first-order valence-corrected chi connectivity index (χ1v) is 7.83. The lowest BCUT2D eigenvalue weighted by Gasteiger charge is -2.11. The number of hydrogen-bond donors (Lipinski definition) is 1. The first kappa shape index (κ1) is 15.5. The third kappa shape index (κ3) is 4.58. The van der Waals surface area contributed by atoms with E-state index in [2.05, 4.69) is 15.9 Å². The summed E-state index contributed by atoms with van der Waals surface area (Å²) in [6, 6.07) is 11.1. The van der Waals surface area contributed by atoms with Crippen LogP contribution in [-0.2, 0) is 6.42 Å². The van der Waals surface area contributed by atoms with Crippen LogP contribution in [0.25, 0.3) is 0 Å². The van der Waals surface area contributed by atoms with Crippen molar-refractivity contribution in [3.8, 4) is 0 Å². The Morgan fingerprint density at radius 3 is 2.65 bits per heavy atom. The highest BCUT2D eigenvalue weighted by Crippen LogP contribution is 2.23. The molecule has 1 unspecified atom stereocenters. The lowest BCUT2D eigenvalue weighted by molar-refractivity contribution is 0.198. The van der Waals surface area contributed by atoms with E-state index in [1.54, 1.807) is 0 Å². The predicted octanol–water partition coefficient (Wildman–Crippen LogP) is 4.42. The minimum Gasteiger partial charge on any atom is -0.392 e. The molecule has 0 radical (unpaired) electrons. The van der Waals surface area contributed by atoms with Crippen LogP contribution >= 0.6 is 27.7 Å². The molecule has 1 N–H and O–H groups in total. The van der Waals surface area contributed by atoms with Crippen molar-refractivity contribution in [1.82, 2.24) is 0 Å². The molecule has 0 aromatic heterocycles. The van der Waals surface area contributed by atoms with Gasteiger partial charge in [-0.2, -0.15) is 0 Å². The van der Waals surface area contributed by atoms with Gasteiger partial charge in [0.2, 0.25) is 0 Å². The molecule has 5 heteroatoms. The Kier molecular flexibility index (Phi) is 5.57. The Morgan fingerprint density at radius 2 is 1.95 bits per heavy atom. The summed E-state index contributed by atoms with van der Waals surface area (Å²) in [5, 5.41) is 9.93. The van der Waals surface area contributed by atoms with E-state index in [0.717, 1.165) is 15.4 Å². The second-order valence-corrected chi connectivity index (χ2v) is 6.37. The SMILES string of the molecule is OC(CSc1cccc(Br)c1)Cc1ccc(F)cc1F. The van der Waals surface area contributed by atoms with Gasteiger partial charge in [0.25, 0.3) is 0 Å². The largest absolute Gasteiger partial charge is 0.392 e. The number of hydrogen-bond acceptors (Lipinski definition) is 2. The molecule has 1 atom stereocenters. The molecule has 0 heterocycles. The van der Waals surface area contributed by atoms with Crippen LogP contribution in [0.4, 0.5) is 8.78 Å². The average molecular weight is 359 g/mol. The standard InChI is InChI=1S/C15H13BrF2OS/c16-11-2-1-3-14(7-11)20-9-13(19)6-10-4-5-12(17)8-15(10)18/h1-5,7-8,13,19H,6,9H2. The van der Waals surface area contributed by atoms with Crippen LogP contribution < -0.4 is 0 Å². The van der Waals surface area contributed by atoms with Crippen LogP contribution in [0, 0.1) is 11.6 Å². The molecule has 106 valence electrons. The molecule has 20 heavy (non-hydrogen) atoms. The topological polar surface area (TPSA) is 20.2 Å². The molecule has 2 rings (SSSR count). The molecule has 0 fully saturated rings. The van der Waals surface area contributed by atoms with Gasteiger partial charge in [0.1, 0.15) is 11.6 Å². The van der Waals surface area contributed by atoms with E-state index in [9.17, 15) is 13.9 Å². The number of aliphatic hydroxyl groups is 1. The van der Waals surface area contributed by atoms with E-state index in [-0.39, 0.29) is 6.42 Å². The summed E-state index contributed by atoms with van der Waals surface area (Å²) in [7, 11) is 0. The second-order valence-electron chi connectivity index (χ2n) is 4.36. The molecule has 2 aromatic carbocycles. The Labute approximate surface area is 129 Å². The third-order valence-corrected chi connectivity index (χ3v) is 4.34. The smallest absolute Gasteiger partial charge is 0.129 e. The summed E-state index contributed by atoms with van der Waals surface area (Å²) in [4.78, 5) is 1.03. The fraction of sp³-hybridized carbons (Fsp3) is 0.200. The van der Waals surface area contributed by atoms with Crippen LogP contribution in [0.1, 0.15) is 5.56 Å². The monoisotopic (exact) mass is 358 g/mol. The summed E-state index contributed by atoms with van der Waals surface area (Å²) in [6.45, 7) is 0. The third-order valence-electron chi connectivity index (χ3n) is 2.71. The fourth-order valence-corrected chi connectivity index (χ4v) is 3.19.